The van der Waals surface area contributed by atoms with Gasteiger partial charge in [0.25, 0.3) is 0 Å². The standard InChI is InChI=1S/C29H52O/c1-5-9-13-14-15-16-17-18-19-23-26-25(20-10-6-2)24-29(30)28(22-12-8-4)27(26)21-11-7-3/h24,30H,5-23H2,1-4H3. The van der Waals surface area contributed by atoms with Gasteiger partial charge in [-0.2, -0.15) is 0 Å². The van der Waals surface area contributed by atoms with Gasteiger partial charge >= 0.3 is 0 Å². The average molecular weight is 417 g/mol. The lowest BCUT2D eigenvalue weighted by atomic mass is 9.85. The summed E-state index contributed by atoms with van der Waals surface area (Å²) in [7, 11) is 0. The molecule has 0 atom stereocenters. The monoisotopic (exact) mass is 416 g/mol. The summed E-state index contributed by atoms with van der Waals surface area (Å²) < 4.78 is 0. The molecule has 0 spiro atoms. The largest absolute Gasteiger partial charge is 0.508 e. The van der Waals surface area contributed by atoms with Crippen LogP contribution < -0.4 is 0 Å². The summed E-state index contributed by atoms with van der Waals surface area (Å²) in [4.78, 5) is 0. The Bertz CT molecular complexity index is 546. The van der Waals surface area contributed by atoms with Crippen LogP contribution in [0.4, 0.5) is 0 Å². The molecular formula is C29H52O. The zero-order valence-electron chi connectivity index (χ0n) is 21.0. The molecule has 1 nitrogen and oxygen atoms in total. The van der Waals surface area contributed by atoms with Crippen molar-refractivity contribution in [3.05, 3.63) is 28.3 Å². The van der Waals surface area contributed by atoms with Crippen LogP contribution in [0.2, 0.25) is 0 Å². The molecule has 1 rings (SSSR count). The van der Waals surface area contributed by atoms with Crippen molar-refractivity contribution in [2.24, 2.45) is 0 Å². The molecule has 1 aromatic carbocycles. The van der Waals surface area contributed by atoms with Gasteiger partial charge in [-0.1, -0.05) is 98.3 Å². The van der Waals surface area contributed by atoms with E-state index < -0.39 is 0 Å². The van der Waals surface area contributed by atoms with Crippen molar-refractivity contribution < 1.29 is 5.11 Å². The SMILES string of the molecule is CCCCCCCCCCCc1c(CCCC)cc(O)c(CCCC)c1CCCC. The van der Waals surface area contributed by atoms with Gasteiger partial charge < -0.3 is 5.11 Å². The van der Waals surface area contributed by atoms with E-state index in [4.69, 9.17) is 0 Å². The Morgan fingerprint density at radius 3 is 1.47 bits per heavy atom. The molecule has 0 saturated carbocycles. The number of rotatable bonds is 19. The van der Waals surface area contributed by atoms with Gasteiger partial charge in [0.05, 0.1) is 0 Å². The van der Waals surface area contributed by atoms with Crippen molar-refractivity contribution in [2.45, 2.75) is 150 Å². The van der Waals surface area contributed by atoms with Gasteiger partial charge in [-0.15, -0.1) is 0 Å². The molecule has 174 valence electrons. The Morgan fingerprint density at radius 2 is 0.900 bits per heavy atom. The Labute approximate surface area is 189 Å². The molecule has 0 unspecified atom stereocenters. The first-order valence-electron chi connectivity index (χ1n) is 13.5. The van der Waals surface area contributed by atoms with Gasteiger partial charge in [0.15, 0.2) is 0 Å². The highest BCUT2D eigenvalue weighted by molar-refractivity contribution is 5.50. The second-order valence-corrected chi connectivity index (χ2v) is 9.38. The number of aryl methyl sites for hydroxylation is 1. The molecule has 0 aliphatic carbocycles. The quantitative estimate of drug-likeness (QED) is 0.223. The third-order valence-electron chi connectivity index (χ3n) is 6.63. The van der Waals surface area contributed by atoms with Crippen LogP contribution in [0, 0.1) is 0 Å². The molecule has 0 saturated heterocycles. The number of unbranched alkanes of at least 4 members (excludes halogenated alkanes) is 11. The third kappa shape index (κ3) is 10.4. The summed E-state index contributed by atoms with van der Waals surface area (Å²) in [6, 6.07) is 2.14. The summed E-state index contributed by atoms with van der Waals surface area (Å²) in [5.74, 6) is 0.580. The second kappa shape index (κ2) is 17.7. The van der Waals surface area contributed by atoms with Crippen molar-refractivity contribution in [1.82, 2.24) is 0 Å². The maximum absolute atomic E-state index is 10.9. The maximum atomic E-state index is 10.9. The summed E-state index contributed by atoms with van der Waals surface area (Å²) in [6.07, 6.45) is 24.3. The lowest BCUT2D eigenvalue weighted by Gasteiger charge is -2.21. The van der Waals surface area contributed by atoms with Crippen LogP contribution in [-0.4, -0.2) is 5.11 Å². The van der Waals surface area contributed by atoms with E-state index in [1.807, 2.05) is 0 Å². The van der Waals surface area contributed by atoms with Crippen LogP contribution in [0.5, 0.6) is 5.75 Å². The number of benzene rings is 1. The normalized spacial score (nSPS) is 11.3. The summed E-state index contributed by atoms with van der Waals surface area (Å²) in [5, 5.41) is 10.9. The van der Waals surface area contributed by atoms with E-state index in [-0.39, 0.29) is 0 Å². The predicted molar refractivity (Wildman–Crippen MR) is 135 cm³/mol. The fourth-order valence-electron chi connectivity index (χ4n) is 4.67. The van der Waals surface area contributed by atoms with Gasteiger partial charge in [-0.25, -0.2) is 0 Å². The van der Waals surface area contributed by atoms with E-state index in [2.05, 4.69) is 33.8 Å². The number of hydrogen-bond acceptors (Lipinski definition) is 1. The van der Waals surface area contributed by atoms with Crippen LogP contribution in [0.15, 0.2) is 6.07 Å². The number of phenolic OH excluding ortho intramolecular Hbond substituents is 1. The van der Waals surface area contributed by atoms with E-state index >= 15 is 0 Å². The molecule has 0 aliphatic heterocycles. The number of hydrogen-bond donors (Lipinski definition) is 1. The van der Waals surface area contributed by atoms with E-state index in [0.29, 0.717) is 5.75 Å². The molecular weight excluding hydrogens is 364 g/mol. The molecule has 0 fully saturated rings. The van der Waals surface area contributed by atoms with Crippen LogP contribution in [0.3, 0.4) is 0 Å². The van der Waals surface area contributed by atoms with Crippen molar-refractivity contribution in [2.75, 3.05) is 0 Å². The Balaban J connectivity index is 2.81. The Morgan fingerprint density at radius 1 is 0.467 bits per heavy atom. The van der Waals surface area contributed by atoms with Crippen LogP contribution in [0.25, 0.3) is 0 Å². The van der Waals surface area contributed by atoms with Gasteiger partial charge in [-0.05, 0) is 79.7 Å². The van der Waals surface area contributed by atoms with E-state index in [1.54, 1.807) is 5.56 Å². The molecule has 0 aromatic heterocycles. The molecule has 1 aromatic rings. The second-order valence-electron chi connectivity index (χ2n) is 9.38. The van der Waals surface area contributed by atoms with Crippen molar-refractivity contribution in [1.29, 1.82) is 0 Å². The van der Waals surface area contributed by atoms with Crippen molar-refractivity contribution in [3.8, 4) is 5.75 Å². The van der Waals surface area contributed by atoms with Gasteiger partial charge in [-0.3, -0.25) is 0 Å². The zero-order valence-corrected chi connectivity index (χ0v) is 21.0. The van der Waals surface area contributed by atoms with Gasteiger partial charge in [0.2, 0.25) is 0 Å². The molecule has 1 N–H and O–H groups in total. The molecule has 1 heteroatoms. The average Bonchev–Trinajstić information content (AvgIpc) is 2.75. The van der Waals surface area contributed by atoms with Crippen molar-refractivity contribution >= 4 is 0 Å². The summed E-state index contributed by atoms with van der Waals surface area (Å²) in [5.41, 5.74) is 5.86. The lowest BCUT2D eigenvalue weighted by molar-refractivity contribution is 0.463. The third-order valence-corrected chi connectivity index (χ3v) is 6.63. The molecule has 0 bridgehead atoms. The minimum absolute atomic E-state index is 0.580. The topological polar surface area (TPSA) is 20.2 Å². The zero-order chi connectivity index (χ0) is 22.0. The van der Waals surface area contributed by atoms with E-state index in [0.717, 1.165) is 19.3 Å². The number of aromatic hydroxyl groups is 1. The van der Waals surface area contributed by atoms with E-state index in [1.165, 1.54) is 119 Å². The minimum Gasteiger partial charge on any atom is -0.508 e. The first kappa shape index (κ1) is 27.1. The Kier molecular flexibility index (Phi) is 15.9. The lowest BCUT2D eigenvalue weighted by Crippen LogP contribution is -2.07. The highest BCUT2D eigenvalue weighted by Crippen LogP contribution is 2.33. The van der Waals surface area contributed by atoms with Gasteiger partial charge in [0.1, 0.15) is 5.75 Å². The van der Waals surface area contributed by atoms with E-state index in [9.17, 15) is 5.11 Å². The predicted octanol–water partition coefficient (Wildman–Crippen LogP) is 9.49. The first-order chi connectivity index (χ1) is 14.7. The Hall–Kier alpha value is -0.980. The van der Waals surface area contributed by atoms with Crippen LogP contribution >= 0.6 is 0 Å². The summed E-state index contributed by atoms with van der Waals surface area (Å²) in [6.45, 7) is 9.10. The van der Waals surface area contributed by atoms with Crippen molar-refractivity contribution in [3.63, 3.8) is 0 Å². The highest BCUT2D eigenvalue weighted by atomic mass is 16.3. The molecule has 30 heavy (non-hydrogen) atoms. The first-order valence-corrected chi connectivity index (χ1v) is 13.5. The molecule has 0 amide bonds. The number of phenols is 1. The maximum Gasteiger partial charge on any atom is 0.119 e. The fraction of sp³-hybridized carbons (Fsp3) is 0.793. The van der Waals surface area contributed by atoms with Crippen LogP contribution in [-0.2, 0) is 25.7 Å². The highest BCUT2D eigenvalue weighted by Gasteiger charge is 2.17. The smallest absolute Gasteiger partial charge is 0.119 e. The minimum atomic E-state index is 0.580. The fourth-order valence-corrected chi connectivity index (χ4v) is 4.67. The molecule has 0 heterocycles. The van der Waals surface area contributed by atoms with Gasteiger partial charge in [0, 0.05) is 0 Å². The molecule has 0 aliphatic rings. The summed E-state index contributed by atoms with van der Waals surface area (Å²) >= 11 is 0. The van der Waals surface area contributed by atoms with Crippen LogP contribution in [0.1, 0.15) is 146 Å². The molecule has 0 radical (unpaired) electrons.